The topological polar surface area (TPSA) is 114 Å². The van der Waals surface area contributed by atoms with Crippen LogP contribution in [0.4, 0.5) is 0 Å². The van der Waals surface area contributed by atoms with Crippen molar-refractivity contribution in [2.45, 2.75) is 39.6 Å². The lowest BCUT2D eigenvalue weighted by molar-refractivity contribution is -0.269. The van der Waals surface area contributed by atoms with Crippen LogP contribution in [0, 0.1) is 70.0 Å². The van der Waals surface area contributed by atoms with E-state index in [0.717, 1.165) is 11.1 Å². The minimum Gasteiger partial charge on any atom is -0.448 e. The molecule has 4 unspecified atom stereocenters. The second-order valence-corrected chi connectivity index (χ2v) is 6.98. The van der Waals surface area contributed by atoms with Crippen molar-refractivity contribution in [2.75, 3.05) is 0 Å². The zero-order valence-corrected chi connectivity index (χ0v) is 14.5. The number of nitrogens with one attached hydrogen (secondary N) is 1. The maximum Gasteiger partial charge on any atom is 0.214 e. The van der Waals surface area contributed by atoms with Crippen molar-refractivity contribution in [1.82, 2.24) is 0 Å². The zero-order chi connectivity index (χ0) is 18.6. The molecule has 0 amide bonds. The molecule has 2 saturated heterocycles. The van der Waals surface area contributed by atoms with Gasteiger partial charge in [0, 0.05) is 6.92 Å². The molecule has 6 nitrogen and oxygen atoms in total. The summed E-state index contributed by atoms with van der Waals surface area (Å²) in [5, 5.41) is 38.3. The molecule has 2 aliphatic rings. The number of aryl methyl sites for hydroxylation is 2. The molecule has 1 aromatic rings. The van der Waals surface area contributed by atoms with E-state index < -0.39 is 28.6 Å². The molecule has 2 bridgehead atoms. The van der Waals surface area contributed by atoms with Gasteiger partial charge in [-0.05, 0) is 25.0 Å². The largest absolute Gasteiger partial charge is 0.448 e. The van der Waals surface area contributed by atoms with E-state index in [1.54, 1.807) is 13.8 Å². The zero-order valence-electron chi connectivity index (χ0n) is 14.5. The first kappa shape index (κ1) is 17.0. The van der Waals surface area contributed by atoms with Crippen LogP contribution >= 0.6 is 0 Å². The Hall–Kier alpha value is -2.88. The lowest BCUT2D eigenvalue weighted by Gasteiger charge is -2.47. The number of ether oxygens (including phenoxy) is 2. The molecular formula is C19H18N4O2. The van der Waals surface area contributed by atoms with Crippen LogP contribution in [0.3, 0.4) is 0 Å². The van der Waals surface area contributed by atoms with Crippen LogP contribution in [0.5, 0.6) is 0 Å². The molecule has 0 aromatic heterocycles. The van der Waals surface area contributed by atoms with Gasteiger partial charge in [-0.25, -0.2) is 0 Å². The lowest BCUT2D eigenvalue weighted by atomic mass is 9.54. The van der Waals surface area contributed by atoms with Crippen LogP contribution < -0.4 is 0 Å². The fourth-order valence-corrected chi connectivity index (χ4v) is 4.03. The number of hydrogen-bond donors (Lipinski definition) is 1. The lowest BCUT2D eigenvalue weighted by Crippen LogP contribution is -2.57. The minimum atomic E-state index is -1.88. The SMILES string of the molecule is Cc1ccc(C)c(C2OC3(C)OC(=N)C(C#N)(C3C)C2(C#N)C#N)c1. The maximum atomic E-state index is 10.0. The van der Waals surface area contributed by atoms with E-state index in [-0.39, 0.29) is 5.90 Å². The van der Waals surface area contributed by atoms with Crippen molar-refractivity contribution in [1.29, 1.82) is 21.2 Å². The van der Waals surface area contributed by atoms with Gasteiger partial charge in [0.2, 0.25) is 17.1 Å². The fraction of sp³-hybridized carbons (Fsp3) is 0.474. The molecule has 0 radical (unpaired) electrons. The number of benzene rings is 1. The summed E-state index contributed by atoms with van der Waals surface area (Å²) in [6.45, 7) is 7.12. The summed E-state index contributed by atoms with van der Waals surface area (Å²) in [4.78, 5) is 0. The summed E-state index contributed by atoms with van der Waals surface area (Å²) in [6, 6.07) is 11.8. The summed E-state index contributed by atoms with van der Waals surface area (Å²) in [7, 11) is 0. The van der Waals surface area contributed by atoms with E-state index in [1.807, 2.05) is 44.2 Å². The summed E-state index contributed by atoms with van der Waals surface area (Å²) in [5.41, 5.74) is -1.11. The molecule has 3 rings (SSSR count). The average molecular weight is 334 g/mol. The molecular weight excluding hydrogens is 316 g/mol. The summed E-state index contributed by atoms with van der Waals surface area (Å²) in [5.74, 6) is -2.26. The van der Waals surface area contributed by atoms with Crippen molar-refractivity contribution in [3.63, 3.8) is 0 Å². The fourth-order valence-electron chi connectivity index (χ4n) is 4.03. The van der Waals surface area contributed by atoms with E-state index >= 15 is 0 Å². The van der Waals surface area contributed by atoms with Crippen LogP contribution in [0.25, 0.3) is 0 Å². The van der Waals surface area contributed by atoms with Gasteiger partial charge in [0.25, 0.3) is 0 Å². The highest BCUT2D eigenvalue weighted by molar-refractivity contribution is 5.89. The van der Waals surface area contributed by atoms with Gasteiger partial charge in [-0.15, -0.1) is 0 Å². The summed E-state index contributed by atoms with van der Waals surface area (Å²) in [6.07, 6.45) is -0.994. The van der Waals surface area contributed by atoms with Crippen LogP contribution in [0.1, 0.15) is 36.6 Å². The van der Waals surface area contributed by atoms with E-state index in [9.17, 15) is 15.8 Å². The molecule has 25 heavy (non-hydrogen) atoms. The Morgan fingerprint density at radius 1 is 1.12 bits per heavy atom. The maximum absolute atomic E-state index is 10.0. The van der Waals surface area contributed by atoms with Crippen molar-refractivity contribution in [2.24, 2.45) is 16.7 Å². The Kier molecular flexibility index (Phi) is 3.43. The van der Waals surface area contributed by atoms with Gasteiger partial charge in [-0.1, -0.05) is 30.7 Å². The molecule has 6 heteroatoms. The number of nitriles is 3. The quantitative estimate of drug-likeness (QED) is 0.846. The predicted molar refractivity (Wildman–Crippen MR) is 87.8 cm³/mol. The Morgan fingerprint density at radius 3 is 2.32 bits per heavy atom. The van der Waals surface area contributed by atoms with E-state index in [0.29, 0.717) is 5.56 Å². The molecule has 0 saturated carbocycles. The van der Waals surface area contributed by atoms with Crippen molar-refractivity contribution >= 4 is 5.90 Å². The van der Waals surface area contributed by atoms with Gasteiger partial charge in [0.05, 0.1) is 24.1 Å². The molecule has 2 fully saturated rings. The number of nitrogens with zero attached hydrogens (tertiary/aromatic N) is 3. The number of fused-ring (bicyclic) bond motifs is 2. The van der Waals surface area contributed by atoms with E-state index in [1.165, 1.54) is 0 Å². The second kappa shape index (κ2) is 5.06. The van der Waals surface area contributed by atoms with Gasteiger partial charge in [0.15, 0.2) is 5.41 Å². The van der Waals surface area contributed by atoms with E-state index in [4.69, 9.17) is 14.9 Å². The molecule has 0 spiro atoms. The average Bonchev–Trinajstić information content (AvgIpc) is 2.72. The van der Waals surface area contributed by atoms with Gasteiger partial charge in [-0.3, -0.25) is 5.41 Å². The molecule has 2 aliphatic heterocycles. The van der Waals surface area contributed by atoms with Crippen molar-refractivity contribution in [3.05, 3.63) is 34.9 Å². The normalized spacial score (nSPS) is 35.2. The molecule has 0 aliphatic carbocycles. The Labute approximate surface area is 146 Å². The number of hydrogen-bond acceptors (Lipinski definition) is 6. The third-order valence-electron chi connectivity index (χ3n) is 5.71. The van der Waals surface area contributed by atoms with Crippen LogP contribution in [-0.4, -0.2) is 11.7 Å². The van der Waals surface area contributed by atoms with Gasteiger partial charge in [0.1, 0.15) is 6.10 Å². The summed E-state index contributed by atoms with van der Waals surface area (Å²) >= 11 is 0. The Bertz CT molecular complexity index is 889. The highest BCUT2D eigenvalue weighted by atomic mass is 16.7. The Balaban J connectivity index is 2.37. The van der Waals surface area contributed by atoms with Crippen molar-refractivity contribution in [3.8, 4) is 18.2 Å². The van der Waals surface area contributed by atoms with Gasteiger partial charge in [-0.2, -0.15) is 15.8 Å². The van der Waals surface area contributed by atoms with Crippen LogP contribution in [0.2, 0.25) is 0 Å². The highest BCUT2D eigenvalue weighted by Crippen LogP contribution is 2.66. The molecule has 126 valence electrons. The minimum absolute atomic E-state index is 0.374. The monoisotopic (exact) mass is 334 g/mol. The third kappa shape index (κ3) is 1.77. The van der Waals surface area contributed by atoms with Crippen LogP contribution in [-0.2, 0) is 9.47 Å². The predicted octanol–water partition coefficient (Wildman–Crippen LogP) is 3.28. The first-order chi connectivity index (χ1) is 11.7. The second-order valence-electron chi connectivity index (χ2n) is 6.98. The van der Waals surface area contributed by atoms with Gasteiger partial charge >= 0.3 is 0 Å². The van der Waals surface area contributed by atoms with Gasteiger partial charge < -0.3 is 9.47 Å². The smallest absolute Gasteiger partial charge is 0.214 e. The third-order valence-corrected chi connectivity index (χ3v) is 5.71. The first-order valence-corrected chi connectivity index (χ1v) is 7.99. The molecule has 1 aromatic carbocycles. The molecule has 1 N–H and O–H groups in total. The first-order valence-electron chi connectivity index (χ1n) is 7.99. The van der Waals surface area contributed by atoms with Crippen molar-refractivity contribution < 1.29 is 9.47 Å². The molecule has 2 heterocycles. The Morgan fingerprint density at radius 2 is 1.76 bits per heavy atom. The highest BCUT2D eigenvalue weighted by Gasteiger charge is 2.78. The number of rotatable bonds is 1. The molecule has 4 atom stereocenters. The van der Waals surface area contributed by atoms with E-state index in [2.05, 4.69) is 6.07 Å². The standard InChI is InChI=1S/C19H18N4O2/c1-11-5-6-12(2)14(7-11)15-18(8-20,9-21)19(10-22)13(3)17(4,24-15)25-16(19)23/h5-7,13,15,23H,1-4H3. The van der Waals surface area contributed by atoms with Crippen LogP contribution in [0.15, 0.2) is 18.2 Å². The summed E-state index contributed by atoms with van der Waals surface area (Å²) < 4.78 is 11.7.